The minimum Gasteiger partial charge on any atom is -0.396 e. The Morgan fingerprint density at radius 1 is 0.769 bits per heavy atom. The number of alkyl halides is 1. The Balaban J connectivity index is 1.69. The van der Waals surface area contributed by atoms with Crippen LogP contribution in [0.3, 0.4) is 0 Å². The summed E-state index contributed by atoms with van der Waals surface area (Å²) in [6, 6.07) is 0. The van der Waals surface area contributed by atoms with Crippen LogP contribution in [-0.2, 0) is 19.6 Å². The van der Waals surface area contributed by atoms with Crippen molar-refractivity contribution in [2.24, 2.45) is 0 Å². The molecule has 0 radical (unpaired) electrons. The second-order valence-corrected chi connectivity index (χ2v) is 11.7. The van der Waals surface area contributed by atoms with Gasteiger partial charge in [0.05, 0.1) is 12.4 Å². The van der Waals surface area contributed by atoms with Crippen LogP contribution in [0.4, 0.5) is 0 Å². The van der Waals surface area contributed by atoms with Crippen LogP contribution in [0.1, 0.15) is 122 Å². The maximum atomic E-state index is 13.3. The van der Waals surface area contributed by atoms with Crippen molar-refractivity contribution < 1.29 is 10.2 Å². The maximum absolute atomic E-state index is 13.3. The number of unbranched alkanes of at least 4 members (excludes halogenated alkanes) is 15. The fraction of sp³-hybridized carbons (Fsp3) is 0.833. The molecule has 2 aromatic rings. The molecule has 1 unspecified atom stereocenters. The molecule has 0 aliphatic heterocycles. The average molecular weight is 614 g/mol. The van der Waals surface area contributed by atoms with Gasteiger partial charge in [0.25, 0.3) is 5.56 Å². The zero-order valence-corrected chi connectivity index (χ0v) is 25.9. The highest BCUT2D eigenvalue weighted by Gasteiger charge is 2.18. The molecule has 0 aliphatic rings. The van der Waals surface area contributed by atoms with E-state index in [1.807, 2.05) is 11.5 Å². The maximum Gasteiger partial charge on any atom is 0.332 e. The Morgan fingerprint density at radius 3 is 1.77 bits per heavy atom. The van der Waals surface area contributed by atoms with Crippen molar-refractivity contribution in [3.8, 4) is 0 Å². The fourth-order valence-corrected chi connectivity index (χ4v) is 5.60. The van der Waals surface area contributed by atoms with Crippen LogP contribution in [0.5, 0.6) is 0 Å². The van der Waals surface area contributed by atoms with Gasteiger partial charge in [0, 0.05) is 31.6 Å². The van der Waals surface area contributed by atoms with Gasteiger partial charge in [0.2, 0.25) is 0 Å². The molecule has 8 nitrogen and oxygen atoms in total. The molecule has 224 valence electrons. The van der Waals surface area contributed by atoms with E-state index in [0.717, 1.165) is 25.8 Å². The van der Waals surface area contributed by atoms with E-state index in [1.54, 1.807) is 10.9 Å². The first-order valence-electron chi connectivity index (χ1n) is 15.6. The fourth-order valence-electron chi connectivity index (χ4n) is 5.24. The summed E-state index contributed by atoms with van der Waals surface area (Å²) in [5.74, 6) is 0. The Labute approximate surface area is 243 Å². The highest BCUT2D eigenvalue weighted by molar-refractivity contribution is 9.09. The number of aromatic nitrogens is 4. The van der Waals surface area contributed by atoms with E-state index in [1.165, 1.54) is 88.0 Å². The Kier molecular flexibility index (Phi) is 17.7. The lowest BCUT2D eigenvalue weighted by Crippen LogP contribution is -2.41. The molecule has 0 amide bonds. The lowest BCUT2D eigenvalue weighted by atomic mass is 10.0. The molecule has 2 heterocycles. The topological polar surface area (TPSA) is 102 Å². The first-order valence-corrected chi connectivity index (χ1v) is 16.7. The summed E-state index contributed by atoms with van der Waals surface area (Å²) in [7, 11) is 0. The van der Waals surface area contributed by atoms with Crippen LogP contribution in [0.25, 0.3) is 11.2 Å². The van der Waals surface area contributed by atoms with Gasteiger partial charge in [0.15, 0.2) is 11.2 Å². The van der Waals surface area contributed by atoms with Gasteiger partial charge < -0.3 is 14.8 Å². The van der Waals surface area contributed by atoms with Crippen LogP contribution in [0.15, 0.2) is 15.9 Å². The standard InChI is InChI=1S/C30H53BrN4O4/c1-2-26(37)19-22-35-29(38)27-28(34(23-20-31)30(35)39)32-25-33(27)21-17-15-13-11-9-7-5-3-4-6-8-10-12-14-16-18-24-36/h25-26,36-37H,2-24H2,1H3. The second-order valence-electron chi connectivity index (χ2n) is 10.9. The molecule has 2 rings (SSSR count). The summed E-state index contributed by atoms with van der Waals surface area (Å²) in [4.78, 5) is 30.7. The predicted molar refractivity (Wildman–Crippen MR) is 164 cm³/mol. The molecular formula is C30H53BrN4O4. The molecule has 0 saturated carbocycles. The molecule has 0 saturated heterocycles. The summed E-state index contributed by atoms with van der Waals surface area (Å²) in [5, 5.41) is 19.4. The van der Waals surface area contributed by atoms with Crippen molar-refractivity contribution in [3.63, 3.8) is 0 Å². The minimum atomic E-state index is -0.523. The highest BCUT2D eigenvalue weighted by atomic mass is 79.9. The normalized spacial score (nSPS) is 12.5. The van der Waals surface area contributed by atoms with E-state index in [4.69, 9.17) is 5.11 Å². The first kappa shape index (κ1) is 33.8. The molecule has 0 aromatic carbocycles. The molecule has 2 N–H and O–H groups in total. The monoisotopic (exact) mass is 612 g/mol. The summed E-state index contributed by atoms with van der Waals surface area (Å²) in [6.45, 7) is 3.60. The van der Waals surface area contributed by atoms with Crippen molar-refractivity contribution >= 4 is 27.1 Å². The molecule has 0 bridgehead atoms. The second kappa shape index (κ2) is 20.4. The Morgan fingerprint density at radius 2 is 1.28 bits per heavy atom. The van der Waals surface area contributed by atoms with Crippen molar-refractivity contribution in [1.29, 1.82) is 0 Å². The Bertz CT molecular complexity index is 1030. The number of aliphatic hydroxyl groups excluding tert-OH is 2. The van der Waals surface area contributed by atoms with Crippen molar-refractivity contribution in [1.82, 2.24) is 18.7 Å². The number of aliphatic hydroxyl groups is 2. The van der Waals surface area contributed by atoms with Crippen LogP contribution < -0.4 is 11.2 Å². The molecule has 2 aromatic heterocycles. The molecule has 0 spiro atoms. The summed E-state index contributed by atoms with van der Waals surface area (Å²) >= 11 is 3.41. The van der Waals surface area contributed by atoms with E-state index in [9.17, 15) is 14.7 Å². The zero-order valence-electron chi connectivity index (χ0n) is 24.3. The number of halogens is 1. The summed E-state index contributed by atoms with van der Waals surface area (Å²) < 4.78 is 4.74. The molecule has 9 heteroatoms. The smallest absolute Gasteiger partial charge is 0.332 e. The number of hydrogen-bond acceptors (Lipinski definition) is 5. The number of hydrogen-bond donors (Lipinski definition) is 2. The van der Waals surface area contributed by atoms with Gasteiger partial charge in [-0.25, -0.2) is 9.78 Å². The predicted octanol–water partition coefficient (Wildman–Crippen LogP) is 6.15. The lowest BCUT2D eigenvalue weighted by molar-refractivity contribution is 0.153. The van der Waals surface area contributed by atoms with E-state index < -0.39 is 6.10 Å². The number of nitrogens with zero attached hydrogens (tertiary/aromatic N) is 4. The van der Waals surface area contributed by atoms with Crippen molar-refractivity contribution in [2.75, 3.05) is 11.9 Å². The SMILES string of the molecule is CCC(O)CCn1c(=O)c2c(ncn2CCCCCCCCCCCCCCCCCCO)n(CCBr)c1=O. The number of imidazole rings is 1. The third-order valence-corrected chi connectivity index (χ3v) is 8.11. The van der Waals surface area contributed by atoms with Gasteiger partial charge in [-0.2, -0.15) is 0 Å². The van der Waals surface area contributed by atoms with E-state index in [-0.39, 0.29) is 17.8 Å². The summed E-state index contributed by atoms with van der Waals surface area (Å²) in [6.07, 6.45) is 22.2. The number of aryl methyl sites for hydroxylation is 2. The van der Waals surface area contributed by atoms with Gasteiger partial charge in [0.1, 0.15) is 0 Å². The molecule has 0 aliphatic carbocycles. The number of rotatable bonds is 24. The molecule has 0 fully saturated rings. The molecule has 39 heavy (non-hydrogen) atoms. The summed E-state index contributed by atoms with van der Waals surface area (Å²) in [5.41, 5.74) is 0.281. The van der Waals surface area contributed by atoms with Crippen LogP contribution in [0.2, 0.25) is 0 Å². The zero-order chi connectivity index (χ0) is 28.3. The average Bonchev–Trinajstić information content (AvgIpc) is 3.36. The quantitative estimate of drug-likeness (QED) is 0.109. The number of fused-ring (bicyclic) bond motifs is 1. The van der Waals surface area contributed by atoms with E-state index >= 15 is 0 Å². The first-order chi connectivity index (χ1) is 19.0. The van der Waals surface area contributed by atoms with Crippen LogP contribution in [0, 0.1) is 0 Å². The van der Waals surface area contributed by atoms with Crippen molar-refractivity contribution in [2.45, 2.75) is 148 Å². The largest absolute Gasteiger partial charge is 0.396 e. The highest BCUT2D eigenvalue weighted by Crippen LogP contribution is 2.15. The van der Waals surface area contributed by atoms with Gasteiger partial charge in [-0.05, 0) is 25.7 Å². The van der Waals surface area contributed by atoms with Crippen LogP contribution in [-0.4, -0.2) is 46.9 Å². The van der Waals surface area contributed by atoms with E-state index in [0.29, 0.717) is 42.5 Å². The van der Waals surface area contributed by atoms with Gasteiger partial charge in [-0.3, -0.25) is 13.9 Å². The Hall–Kier alpha value is -1.45. The third-order valence-electron chi connectivity index (χ3n) is 7.76. The molecule has 1 atom stereocenters. The lowest BCUT2D eigenvalue weighted by Gasteiger charge is -2.13. The van der Waals surface area contributed by atoms with Crippen molar-refractivity contribution in [3.05, 3.63) is 27.2 Å². The van der Waals surface area contributed by atoms with Gasteiger partial charge >= 0.3 is 5.69 Å². The van der Waals surface area contributed by atoms with Crippen LogP contribution >= 0.6 is 15.9 Å². The third kappa shape index (κ3) is 11.9. The van der Waals surface area contributed by atoms with Gasteiger partial charge in [-0.1, -0.05) is 113 Å². The van der Waals surface area contributed by atoms with Gasteiger partial charge in [-0.15, -0.1) is 0 Å². The minimum absolute atomic E-state index is 0.211. The molecular weight excluding hydrogens is 560 g/mol. The van der Waals surface area contributed by atoms with E-state index in [2.05, 4.69) is 20.9 Å².